The molecule has 5 rings (SSSR count). The van der Waals surface area contributed by atoms with Gasteiger partial charge in [0.25, 0.3) is 5.56 Å². The summed E-state index contributed by atoms with van der Waals surface area (Å²) in [5.74, 6) is 0.650. The molecule has 1 atom stereocenters. The van der Waals surface area contributed by atoms with Crippen molar-refractivity contribution in [3.05, 3.63) is 56.7 Å². The van der Waals surface area contributed by atoms with Gasteiger partial charge in [-0.05, 0) is 44.7 Å². The van der Waals surface area contributed by atoms with E-state index in [9.17, 15) is 9.59 Å². The second-order valence-electron chi connectivity index (χ2n) is 9.67. The quantitative estimate of drug-likeness (QED) is 0.380. The number of benzene rings is 1. The molecule has 10 heteroatoms. The van der Waals surface area contributed by atoms with E-state index in [1.54, 1.807) is 23.0 Å². The van der Waals surface area contributed by atoms with Crippen LogP contribution in [0.3, 0.4) is 0 Å². The average Bonchev–Trinajstić information content (AvgIpc) is 3.41. The highest BCUT2D eigenvalue weighted by Gasteiger charge is 2.32. The number of thiophene rings is 1. The molecule has 4 heterocycles. The summed E-state index contributed by atoms with van der Waals surface area (Å²) in [7, 11) is 1.72. The van der Waals surface area contributed by atoms with E-state index in [0.29, 0.717) is 29.3 Å². The van der Waals surface area contributed by atoms with Crippen LogP contribution in [0.25, 0.3) is 16.0 Å². The van der Waals surface area contributed by atoms with E-state index in [1.165, 1.54) is 17.3 Å². The van der Waals surface area contributed by atoms with E-state index >= 15 is 0 Å². The first-order chi connectivity index (χ1) is 16.7. The molecule has 0 saturated carbocycles. The lowest BCUT2D eigenvalue weighted by atomic mass is 9.94. The fraction of sp³-hybridized carbons (Fsp3) is 0.440. The van der Waals surface area contributed by atoms with E-state index in [1.807, 2.05) is 43.4 Å². The van der Waals surface area contributed by atoms with Crippen LogP contribution in [-0.2, 0) is 36.0 Å². The summed E-state index contributed by atoms with van der Waals surface area (Å²) in [4.78, 5) is 27.8. The predicted molar refractivity (Wildman–Crippen MR) is 139 cm³/mol. The second kappa shape index (κ2) is 9.40. The van der Waals surface area contributed by atoms with Gasteiger partial charge in [0.1, 0.15) is 4.83 Å². The van der Waals surface area contributed by atoms with Gasteiger partial charge in [0.05, 0.1) is 23.3 Å². The molecule has 1 amide bonds. The van der Waals surface area contributed by atoms with Gasteiger partial charge in [-0.25, -0.2) is 4.40 Å². The van der Waals surface area contributed by atoms with Crippen molar-refractivity contribution >= 4 is 45.0 Å². The maximum Gasteiger partial charge on any atom is 0.263 e. The maximum absolute atomic E-state index is 13.2. The zero-order valence-corrected chi connectivity index (χ0v) is 22.0. The van der Waals surface area contributed by atoms with Gasteiger partial charge < -0.3 is 10.1 Å². The molecule has 0 unspecified atom stereocenters. The molecule has 184 valence electrons. The number of carbonyl (C=O) groups excluding carboxylic acids is 1. The Morgan fingerprint density at radius 2 is 2.06 bits per heavy atom. The molecule has 1 aliphatic rings. The van der Waals surface area contributed by atoms with E-state index in [2.05, 4.69) is 27.6 Å². The molecular weight excluding hydrogens is 482 g/mol. The largest absolute Gasteiger partial charge is 0.370 e. The van der Waals surface area contributed by atoms with Crippen molar-refractivity contribution in [2.24, 2.45) is 7.05 Å². The summed E-state index contributed by atoms with van der Waals surface area (Å²) in [5.41, 5.74) is 1.93. The van der Waals surface area contributed by atoms with Crippen molar-refractivity contribution in [1.29, 1.82) is 0 Å². The van der Waals surface area contributed by atoms with Crippen LogP contribution in [0.15, 0.2) is 40.3 Å². The number of rotatable bonds is 7. The first kappa shape index (κ1) is 24.0. The number of fused-ring (bicyclic) bond motifs is 5. The SMILES string of the molecule is C[C@H](CCc1ccccc1)NC(=O)CSc1nnc2n(C)c(=O)c3c4c(sc3n12)COC(C)(C)C4. The van der Waals surface area contributed by atoms with Crippen LogP contribution in [0.2, 0.25) is 0 Å². The number of nitrogens with one attached hydrogen (secondary N) is 1. The zero-order chi connectivity index (χ0) is 24.7. The topological polar surface area (TPSA) is 90.5 Å². The number of nitrogens with zero attached hydrogens (tertiary/aromatic N) is 4. The molecule has 35 heavy (non-hydrogen) atoms. The minimum atomic E-state index is -0.318. The van der Waals surface area contributed by atoms with Crippen molar-refractivity contribution in [2.75, 3.05) is 5.75 Å². The summed E-state index contributed by atoms with van der Waals surface area (Å²) in [6, 6.07) is 10.3. The van der Waals surface area contributed by atoms with Gasteiger partial charge in [0.15, 0.2) is 5.16 Å². The van der Waals surface area contributed by atoms with Crippen LogP contribution in [0.4, 0.5) is 0 Å². The Kier molecular flexibility index (Phi) is 6.45. The molecule has 0 fully saturated rings. The monoisotopic (exact) mass is 511 g/mol. The van der Waals surface area contributed by atoms with E-state index in [4.69, 9.17) is 4.74 Å². The van der Waals surface area contributed by atoms with Gasteiger partial charge in [-0.3, -0.25) is 14.2 Å². The van der Waals surface area contributed by atoms with E-state index < -0.39 is 0 Å². The molecular formula is C25H29N5O3S2. The smallest absolute Gasteiger partial charge is 0.263 e. The Morgan fingerprint density at radius 1 is 1.29 bits per heavy atom. The molecule has 0 saturated heterocycles. The summed E-state index contributed by atoms with van der Waals surface area (Å²) in [6.07, 6.45) is 2.47. The minimum Gasteiger partial charge on any atom is -0.370 e. The van der Waals surface area contributed by atoms with Crippen molar-refractivity contribution in [3.63, 3.8) is 0 Å². The van der Waals surface area contributed by atoms with Crippen LogP contribution < -0.4 is 10.9 Å². The number of aryl methyl sites for hydroxylation is 2. The molecule has 0 spiro atoms. The molecule has 0 bridgehead atoms. The highest BCUT2D eigenvalue weighted by molar-refractivity contribution is 7.99. The molecule has 4 aromatic rings. The number of carbonyl (C=O) groups is 1. The summed E-state index contributed by atoms with van der Waals surface area (Å²) in [6.45, 7) is 6.60. The van der Waals surface area contributed by atoms with Crippen molar-refractivity contribution in [2.45, 2.75) is 63.4 Å². The third-order valence-corrected chi connectivity index (χ3v) is 8.47. The molecule has 0 aliphatic carbocycles. The van der Waals surface area contributed by atoms with Crippen molar-refractivity contribution < 1.29 is 9.53 Å². The first-order valence-corrected chi connectivity index (χ1v) is 13.5. The molecule has 1 aliphatic heterocycles. The summed E-state index contributed by atoms with van der Waals surface area (Å²) < 4.78 is 9.43. The van der Waals surface area contributed by atoms with Gasteiger partial charge >= 0.3 is 0 Å². The molecule has 8 nitrogen and oxygen atoms in total. The second-order valence-corrected chi connectivity index (χ2v) is 11.7. The Hall–Kier alpha value is -2.69. The molecule has 0 radical (unpaired) electrons. The Morgan fingerprint density at radius 3 is 2.83 bits per heavy atom. The molecule has 1 N–H and O–H groups in total. The summed E-state index contributed by atoms with van der Waals surface area (Å²) >= 11 is 2.89. The zero-order valence-electron chi connectivity index (χ0n) is 20.3. The highest BCUT2D eigenvalue weighted by atomic mass is 32.2. The average molecular weight is 512 g/mol. The number of thioether (sulfide) groups is 1. The highest BCUT2D eigenvalue weighted by Crippen LogP contribution is 2.38. The lowest BCUT2D eigenvalue weighted by Gasteiger charge is -2.29. The van der Waals surface area contributed by atoms with Crippen LogP contribution >= 0.6 is 23.1 Å². The van der Waals surface area contributed by atoms with Gasteiger partial charge in [-0.2, -0.15) is 0 Å². The lowest BCUT2D eigenvalue weighted by Crippen LogP contribution is -2.34. The minimum absolute atomic E-state index is 0.0472. The van der Waals surface area contributed by atoms with E-state index in [-0.39, 0.29) is 28.9 Å². The van der Waals surface area contributed by atoms with Gasteiger partial charge in [-0.1, -0.05) is 42.1 Å². The Bertz CT molecular complexity index is 1460. The standard InChI is InChI=1S/C25H29N5O3S2/c1-15(10-11-16-8-6-5-7-9-16)26-19(31)14-34-24-28-27-23-29(4)21(32)20-17-12-25(2,3)33-13-18(17)35-22(20)30(23)24/h5-9,15H,10-14H2,1-4H3,(H,26,31)/t15-/m1/s1. The maximum atomic E-state index is 13.2. The Balaban J connectivity index is 1.35. The molecule has 1 aromatic carbocycles. The third kappa shape index (κ3) is 4.74. The van der Waals surface area contributed by atoms with E-state index in [0.717, 1.165) is 28.1 Å². The lowest BCUT2D eigenvalue weighted by molar-refractivity contribution is -0.119. The number of ether oxygens (including phenoxy) is 1. The first-order valence-electron chi connectivity index (χ1n) is 11.7. The normalized spacial score (nSPS) is 15.9. The molecule has 3 aromatic heterocycles. The summed E-state index contributed by atoms with van der Waals surface area (Å²) in [5, 5.41) is 13.0. The predicted octanol–water partition coefficient (Wildman–Crippen LogP) is 3.72. The fourth-order valence-corrected chi connectivity index (χ4v) is 6.50. The number of hydrogen-bond acceptors (Lipinski definition) is 7. The van der Waals surface area contributed by atoms with Crippen LogP contribution in [0.5, 0.6) is 0 Å². The number of hydrogen-bond donors (Lipinski definition) is 1. The number of aromatic nitrogens is 4. The Labute approximate surface area is 211 Å². The van der Waals surface area contributed by atoms with Crippen molar-refractivity contribution in [3.8, 4) is 0 Å². The van der Waals surface area contributed by atoms with Crippen LogP contribution in [-0.4, -0.2) is 42.5 Å². The number of amides is 1. The van der Waals surface area contributed by atoms with Gasteiger partial charge in [0, 0.05) is 24.4 Å². The van der Waals surface area contributed by atoms with Gasteiger partial charge in [0.2, 0.25) is 11.7 Å². The van der Waals surface area contributed by atoms with Crippen LogP contribution in [0.1, 0.15) is 43.2 Å². The van der Waals surface area contributed by atoms with Gasteiger partial charge in [-0.15, -0.1) is 21.5 Å². The van der Waals surface area contributed by atoms with Crippen molar-refractivity contribution in [1.82, 2.24) is 24.5 Å². The van der Waals surface area contributed by atoms with Crippen LogP contribution in [0, 0.1) is 0 Å². The fourth-order valence-electron chi connectivity index (χ4n) is 4.47. The third-order valence-electron chi connectivity index (χ3n) is 6.36.